The van der Waals surface area contributed by atoms with Crippen LogP contribution in [0.15, 0.2) is 54.6 Å². The van der Waals surface area contributed by atoms with E-state index in [-0.39, 0.29) is 0 Å². The highest BCUT2D eigenvalue weighted by Crippen LogP contribution is 2.20. The third-order valence-corrected chi connectivity index (χ3v) is 4.89. The smallest absolute Gasteiger partial charge is 0.319 e. The number of benzene rings is 2. The monoisotopic (exact) mass is 369 g/mol. The Kier molecular flexibility index (Phi) is 8.14. The van der Waals surface area contributed by atoms with Crippen LogP contribution in [0.1, 0.15) is 32.8 Å². The van der Waals surface area contributed by atoms with E-state index in [2.05, 4.69) is 25.7 Å². The fourth-order valence-electron chi connectivity index (χ4n) is 3.01. The number of anilines is 1. The average Bonchev–Trinajstić information content (AvgIpc) is 2.70. The van der Waals surface area contributed by atoms with Crippen LogP contribution in [-0.2, 0) is 6.61 Å². The number of hydrogen-bond acceptors (Lipinski definition) is 3. The van der Waals surface area contributed by atoms with Gasteiger partial charge in [-0.25, -0.2) is 4.79 Å². The third-order valence-electron chi connectivity index (χ3n) is 4.89. The van der Waals surface area contributed by atoms with Gasteiger partial charge in [0.05, 0.1) is 0 Å². The first-order chi connectivity index (χ1) is 13.0. The van der Waals surface area contributed by atoms with Gasteiger partial charge in [-0.1, -0.05) is 44.2 Å². The fourth-order valence-corrected chi connectivity index (χ4v) is 3.01. The Morgan fingerprint density at radius 3 is 2.26 bits per heavy atom. The first kappa shape index (κ1) is 20.8. The highest BCUT2D eigenvalue weighted by molar-refractivity contribution is 5.90. The van der Waals surface area contributed by atoms with Crippen LogP contribution >= 0.6 is 0 Å². The van der Waals surface area contributed by atoms with Crippen LogP contribution in [-0.4, -0.2) is 36.6 Å². The van der Waals surface area contributed by atoms with E-state index in [0.717, 1.165) is 36.5 Å². The van der Waals surface area contributed by atoms with Crippen LogP contribution in [0.4, 0.5) is 10.5 Å². The van der Waals surface area contributed by atoms with Crippen LogP contribution in [0.25, 0.3) is 0 Å². The summed E-state index contributed by atoms with van der Waals surface area (Å²) in [6.07, 6.45) is 1.08. The van der Waals surface area contributed by atoms with Gasteiger partial charge in [0.1, 0.15) is 12.4 Å². The zero-order valence-corrected chi connectivity index (χ0v) is 16.6. The second-order valence-corrected chi connectivity index (χ2v) is 6.64. The predicted octanol–water partition coefficient (Wildman–Crippen LogP) is 4.27. The van der Waals surface area contributed by atoms with E-state index in [4.69, 9.17) is 10.5 Å². The van der Waals surface area contributed by atoms with Crippen molar-refractivity contribution >= 4 is 11.7 Å². The number of carbonyl (C=O) groups is 1. The maximum atomic E-state index is 11.9. The molecule has 0 spiro atoms. The van der Waals surface area contributed by atoms with Crippen molar-refractivity contribution in [3.8, 4) is 5.75 Å². The molecule has 5 heteroatoms. The molecule has 2 rings (SSSR count). The van der Waals surface area contributed by atoms with Crippen molar-refractivity contribution in [2.45, 2.75) is 39.8 Å². The normalized spacial score (nSPS) is 12.0. The lowest BCUT2D eigenvalue weighted by molar-refractivity contribution is 0.217. The molecule has 0 heterocycles. The number of amides is 2. The van der Waals surface area contributed by atoms with Crippen LogP contribution < -0.4 is 15.4 Å². The Morgan fingerprint density at radius 1 is 1.04 bits per heavy atom. The van der Waals surface area contributed by atoms with E-state index < -0.39 is 6.03 Å². The van der Waals surface area contributed by atoms with Crippen molar-refractivity contribution < 1.29 is 9.53 Å². The molecule has 1 atom stereocenters. The number of primary amides is 1. The summed E-state index contributed by atoms with van der Waals surface area (Å²) in [4.78, 5) is 15.9. The molecule has 5 nitrogen and oxygen atoms in total. The molecular formula is C22H31N3O2. The van der Waals surface area contributed by atoms with E-state index in [1.165, 1.54) is 0 Å². The number of likely N-dealkylation sites (N-methyl/N-ethyl adjacent to an activating group) is 1. The molecule has 1 unspecified atom stereocenters. The first-order valence-corrected chi connectivity index (χ1v) is 9.63. The zero-order chi connectivity index (χ0) is 19.6. The molecule has 0 aliphatic carbocycles. The number of urea groups is 1. The maximum Gasteiger partial charge on any atom is 0.319 e. The van der Waals surface area contributed by atoms with Gasteiger partial charge in [0.25, 0.3) is 0 Å². The van der Waals surface area contributed by atoms with Gasteiger partial charge in [0, 0.05) is 24.8 Å². The molecular weight excluding hydrogens is 338 g/mol. The minimum Gasteiger partial charge on any atom is -0.489 e. The van der Waals surface area contributed by atoms with E-state index >= 15 is 0 Å². The zero-order valence-electron chi connectivity index (χ0n) is 16.6. The van der Waals surface area contributed by atoms with Gasteiger partial charge in [-0.3, -0.25) is 9.80 Å². The van der Waals surface area contributed by atoms with Gasteiger partial charge < -0.3 is 10.5 Å². The summed E-state index contributed by atoms with van der Waals surface area (Å²) < 4.78 is 5.81. The molecule has 146 valence electrons. The maximum absolute atomic E-state index is 11.9. The van der Waals surface area contributed by atoms with Gasteiger partial charge in [-0.05, 0) is 49.7 Å². The van der Waals surface area contributed by atoms with E-state index in [1.54, 1.807) is 4.90 Å². The number of rotatable bonds is 10. The van der Waals surface area contributed by atoms with E-state index in [1.807, 2.05) is 54.6 Å². The highest BCUT2D eigenvalue weighted by Gasteiger charge is 2.16. The first-order valence-electron chi connectivity index (χ1n) is 9.63. The van der Waals surface area contributed by atoms with Gasteiger partial charge in [0.15, 0.2) is 0 Å². The molecule has 0 aliphatic rings. The second kappa shape index (κ2) is 10.6. The van der Waals surface area contributed by atoms with Crippen LogP contribution in [0.5, 0.6) is 5.75 Å². The Morgan fingerprint density at radius 2 is 1.70 bits per heavy atom. The number of ether oxygens (including phenoxy) is 1. The summed E-state index contributed by atoms with van der Waals surface area (Å²) in [5.74, 6) is 0.766. The molecule has 2 aromatic carbocycles. The molecule has 2 amide bonds. The Balaban J connectivity index is 1.97. The molecule has 2 N–H and O–H groups in total. The topological polar surface area (TPSA) is 58.8 Å². The van der Waals surface area contributed by atoms with Crippen molar-refractivity contribution in [3.63, 3.8) is 0 Å². The molecule has 2 aromatic rings. The molecule has 0 fully saturated rings. The number of nitrogens with zero attached hydrogens (tertiary/aromatic N) is 2. The Hall–Kier alpha value is -2.53. The van der Waals surface area contributed by atoms with Crippen molar-refractivity contribution in [2.24, 2.45) is 5.73 Å². The third kappa shape index (κ3) is 6.29. The molecule has 0 saturated carbocycles. The largest absolute Gasteiger partial charge is 0.489 e. The number of carbonyl (C=O) groups excluding carboxylic acids is 1. The number of hydrogen-bond donors (Lipinski definition) is 1. The fraction of sp³-hybridized carbons (Fsp3) is 0.409. The summed E-state index contributed by atoms with van der Waals surface area (Å²) in [5, 5.41) is 0. The Labute approximate surface area is 162 Å². The Bertz CT molecular complexity index is 688. The highest BCUT2D eigenvalue weighted by atomic mass is 16.5. The van der Waals surface area contributed by atoms with Crippen LogP contribution in [0, 0.1) is 0 Å². The molecule has 0 aliphatic heterocycles. The van der Waals surface area contributed by atoms with Crippen molar-refractivity contribution in [1.82, 2.24) is 4.90 Å². The van der Waals surface area contributed by atoms with Crippen molar-refractivity contribution in [3.05, 3.63) is 60.2 Å². The lowest BCUT2D eigenvalue weighted by atomic mass is 10.2. The van der Waals surface area contributed by atoms with E-state index in [9.17, 15) is 4.79 Å². The molecule has 0 aromatic heterocycles. The second-order valence-electron chi connectivity index (χ2n) is 6.64. The summed E-state index contributed by atoms with van der Waals surface area (Å²) in [7, 11) is 0. The van der Waals surface area contributed by atoms with Crippen molar-refractivity contribution in [1.29, 1.82) is 0 Å². The van der Waals surface area contributed by atoms with Gasteiger partial charge in [-0.2, -0.15) is 0 Å². The quantitative estimate of drug-likeness (QED) is 0.680. The van der Waals surface area contributed by atoms with E-state index in [0.29, 0.717) is 19.2 Å². The molecule has 0 radical (unpaired) electrons. The molecule has 0 saturated heterocycles. The predicted molar refractivity (Wildman–Crippen MR) is 111 cm³/mol. The van der Waals surface area contributed by atoms with Crippen LogP contribution in [0.3, 0.4) is 0 Å². The lowest BCUT2D eigenvalue weighted by Gasteiger charge is -2.30. The van der Waals surface area contributed by atoms with Gasteiger partial charge in [0.2, 0.25) is 0 Å². The summed E-state index contributed by atoms with van der Waals surface area (Å²) >= 11 is 0. The van der Waals surface area contributed by atoms with Crippen LogP contribution in [0.2, 0.25) is 0 Å². The minimum absolute atomic E-state index is 0.437. The minimum atomic E-state index is -0.437. The van der Waals surface area contributed by atoms with Crippen molar-refractivity contribution in [2.75, 3.05) is 24.5 Å². The SMILES string of the molecule is CCC(C)N(CC)CCN(C(N)=O)c1ccc(OCc2ccccc2)cc1. The summed E-state index contributed by atoms with van der Waals surface area (Å²) in [5.41, 5.74) is 7.52. The van der Waals surface area contributed by atoms with Gasteiger partial charge in [-0.15, -0.1) is 0 Å². The average molecular weight is 370 g/mol. The standard InChI is InChI=1S/C22H31N3O2/c1-4-18(3)24(5-2)15-16-25(22(23)26)20-11-13-21(14-12-20)27-17-19-9-7-6-8-10-19/h6-14,18H,4-5,15-17H2,1-3H3,(H2,23,26). The summed E-state index contributed by atoms with van der Waals surface area (Å²) in [6.45, 7) is 9.34. The lowest BCUT2D eigenvalue weighted by Crippen LogP contribution is -2.43. The summed E-state index contributed by atoms with van der Waals surface area (Å²) in [6, 6.07) is 17.6. The molecule has 27 heavy (non-hydrogen) atoms. The number of nitrogens with two attached hydrogens (primary N) is 1. The van der Waals surface area contributed by atoms with Gasteiger partial charge >= 0.3 is 6.03 Å². The molecule has 0 bridgehead atoms.